The van der Waals surface area contributed by atoms with Crippen LogP contribution in [0.15, 0.2) is 17.5 Å². The smallest absolute Gasteiger partial charge is 0.0949 e. The van der Waals surface area contributed by atoms with Crippen molar-refractivity contribution in [1.82, 2.24) is 4.90 Å². The van der Waals surface area contributed by atoms with Gasteiger partial charge in [0.05, 0.1) is 11.5 Å². The number of likely N-dealkylation sites (tertiary alicyclic amines) is 1. The molecule has 1 atom stereocenters. The highest BCUT2D eigenvalue weighted by molar-refractivity contribution is 7.10. The van der Waals surface area contributed by atoms with Gasteiger partial charge >= 0.3 is 0 Å². The summed E-state index contributed by atoms with van der Waals surface area (Å²) < 4.78 is 0. The molecule has 0 radical (unpaired) electrons. The Balaban J connectivity index is 2.04. The minimum absolute atomic E-state index is 0.308. The molecule has 0 bridgehead atoms. The second-order valence-corrected chi connectivity index (χ2v) is 7.44. The molecule has 2 nitrogen and oxygen atoms in total. The third-order valence-electron chi connectivity index (χ3n) is 4.84. The van der Waals surface area contributed by atoms with Crippen LogP contribution < -0.4 is 0 Å². The van der Waals surface area contributed by atoms with E-state index in [2.05, 4.69) is 49.3 Å². The van der Waals surface area contributed by atoms with E-state index >= 15 is 0 Å². The van der Waals surface area contributed by atoms with Crippen molar-refractivity contribution >= 4 is 11.3 Å². The van der Waals surface area contributed by atoms with Crippen molar-refractivity contribution in [3.8, 4) is 6.07 Å². The van der Waals surface area contributed by atoms with E-state index < -0.39 is 0 Å². The standard InChI is InChI=1S/C17H26N2S/c1-14(2)17(13-18,16-5-4-12-20-16)8-11-19-9-6-15(3)7-10-19/h4-5,12,14-15H,6-11H2,1-3H3/t17-/m1/s1. The molecular formula is C17H26N2S. The lowest BCUT2D eigenvalue weighted by molar-refractivity contribution is 0.174. The quantitative estimate of drug-likeness (QED) is 0.809. The van der Waals surface area contributed by atoms with Gasteiger partial charge in [-0.3, -0.25) is 0 Å². The van der Waals surface area contributed by atoms with Gasteiger partial charge in [0.2, 0.25) is 0 Å². The van der Waals surface area contributed by atoms with Crippen LogP contribution in [0.1, 0.15) is 44.9 Å². The zero-order chi connectivity index (χ0) is 14.6. The average molecular weight is 290 g/mol. The first-order valence-electron chi connectivity index (χ1n) is 7.76. The molecule has 0 amide bonds. The van der Waals surface area contributed by atoms with Gasteiger partial charge in [0, 0.05) is 11.4 Å². The van der Waals surface area contributed by atoms with Crippen LogP contribution in [0.2, 0.25) is 0 Å². The Labute approximate surface area is 127 Å². The molecule has 110 valence electrons. The number of thiophene rings is 1. The summed E-state index contributed by atoms with van der Waals surface area (Å²) in [6, 6.07) is 6.85. The van der Waals surface area contributed by atoms with Crippen LogP contribution in [0.5, 0.6) is 0 Å². The van der Waals surface area contributed by atoms with Crippen molar-refractivity contribution in [3.05, 3.63) is 22.4 Å². The Kier molecular flexibility index (Phi) is 5.23. The largest absolute Gasteiger partial charge is 0.303 e. The van der Waals surface area contributed by atoms with Gasteiger partial charge in [-0.05, 0) is 55.6 Å². The normalized spacial score (nSPS) is 20.8. The van der Waals surface area contributed by atoms with E-state index in [0.29, 0.717) is 5.92 Å². The van der Waals surface area contributed by atoms with Gasteiger partial charge in [0.25, 0.3) is 0 Å². The van der Waals surface area contributed by atoms with Crippen molar-refractivity contribution in [2.45, 2.75) is 45.4 Å². The lowest BCUT2D eigenvalue weighted by Crippen LogP contribution is -2.39. The number of hydrogen-bond acceptors (Lipinski definition) is 3. The van der Waals surface area contributed by atoms with Crippen molar-refractivity contribution in [2.75, 3.05) is 19.6 Å². The highest BCUT2D eigenvalue weighted by Gasteiger charge is 2.37. The maximum atomic E-state index is 9.83. The monoisotopic (exact) mass is 290 g/mol. The minimum Gasteiger partial charge on any atom is -0.303 e. The zero-order valence-corrected chi connectivity index (χ0v) is 13.7. The summed E-state index contributed by atoms with van der Waals surface area (Å²) >= 11 is 1.73. The number of hydrogen-bond donors (Lipinski definition) is 0. The maximum Gasteiger partial charge on any atom is 0.0949 e. The minimum atomic E-state index is -0.308. The molecule has 0 aliphatic carbocycles. The van der Waals surface area contributed by atoms with Crippen LogP contribution in [-0.2, 0) is 5.41 Å². The maximum absolute atomic E-state index is 9.83. The summed E-state index contributed by atoms with van der Waals surface area (Å²) in [4.78, 5) is 3.78. The van der Waals surface area contributed by atoms with Gasteiger partial charge in [-0.1, -0.05) is 26.8 Å². The van der Waals surface area contributed by atoms with Gasteiger partial charge < -0.3 is 4.90 Å². The van der Waals surface area contributed by atoms with Crippen LogP contribution in [-0.4, -0.2) is 24.5 Å². The fraction of sp³-hybridized carbons (Fsp3) is 0.706. The van der Waals surface area contributed by atoms with E-state index in [-0.39, 0.29) is 5.41 Å². The SMILES string of the molecule is CC1CCN(CC[C@](C#N)(c2cccs2)C(C)C)CC1. The molecular weight excluding hydrogens is 264 g/mol. The van der Waals surface area contributed by atoms with E-state index in [1.54, 1.807) is 11.3 Å². The summed E-state index contributed by atoms with van der Waals surface area (Å²) in [5.74, 6) is 1.23. The summed E-state index contributed by atoms with van der Waals surface area (Å²) in [6.45, 7) is 10.2. The molecule has 1 fully saturated rings. The van der Waals surface area contributed by atoms with Crippen LogP contribution in [0, 0.1) is 23.2 Å². The Hall–Kier alpha value is -0.850. The van der Waals surface area contributed by atoms with E-state index in [4.69, 9.17) is 0 Å². The molecule has 2 rings (SSSR count). The second-order valence-electron chi connectivity index (χ2n) is 6.49. The highest BCUT2D eigenvalue weighted by Crippen LogP contribution is 2.38. The fourth-order valence-corrected chi connectivity index (χ4v) is 4.14. The lowest BCUT2D eigenvalue weighted by atomic mass is 9.74. The summed E-state index contributed by atoms with van der Waals surface area (Å²) in [5.41, 5.74) is -0.308. The Bertz CT molecular complexity index is 438. The molecule has 1 saturated heterocycles. The van der Waals surface area contributed by atoms with Gasteiger partial charge in [0.15, 0.2) is 0 Å². The number of nitriles is 1. The highest BCUT2D eigenvalue weighted by atomic mass is 32.1. The summed E-state index contributed by atoms with van der Waals surface area (Å²) in [6.07, 6.45) is 3.57. The van der Waals surface area contributed by atoms with Gasteiger partial charge in [-0.15, -0.1) is 11.3 Å². The Morgan fingerprint density at radius 2 is 2.15 bits per heavy atom. The molecule has 0 N–H and O–H groups in total. The molecule has 3 heteroatoms. The van der Waals surface area contributed by atoms with Crippen LogP contribution >= 0.6 is 11.3 Å². The molecule has 0 unspecified atom stereocenters. The number of piperidine rings is 1. The predicted octanol–water partition coefficient (Wildman–Crippen LogP) is 4.29. The Morgan fingerprint density at radius 1 is 1.45 bits per heavy atom. The van der Waals surface area contributed by atoms with Gasteiger partial charge in [-0.25, -0.2) is 0 Å². The number of nitrogens with zero attached hydrogens (tertiary/aromatic N) is 2. The first-order valence-corrected chi connectivity index (χ1v) is 8.64. The van der Waals surface area contributed by atoms with E-state index in [0.717, 1.165) is 18.9 Å². The van der Waals surface area contributed by atoms with Crippen molar-refractivity contribution in [1.29, 1.82) is 5.26 Å². The van der Waals surface area contributed by atoms with E-state index in [9.17, 15) is 5.26 Å². The van der Waals surface area contributed by atoms with E-state index in [1.807, 2.05) is 0 Å². The molecule has 20 heavy (non-hydrogen) atoms. The van der Waals surface area contributed by atoms with Gasteiger partial charge in [0.1, 0.15) is 0 Å². The molecule has 0 spiro atoms. The second kappa shape index (κ2) is 6.74. The van der Waals surface area contributed by atoms with Crippen molar-refractivity contribution in [3.63, 3.8) is 0 Å². The zero-order valence-electron chi connectivity index (χ0n) is 12.9. The Morgan fingerprint density at radius 3 is 2.65 bits per heavy atom. The van der Waals surface area contributed by atoms with Crippen molar-refractivity contribution in [2.24, 2.45) is 11.8 Å². The molecule has 1 aromatic heterocycles. The van der Waals surface area contributed by atoms with Crippen LogP contribution in [0.25, 0.3) is 0 Å². The molecule has 1 aliphatic rings. The third kappa shape index (κ3) is 3.24. The predicted molar refractivity (Wildman–Crippen MR) is 85.9 cm³/mol. The molecule has 1 aromatic rings. The van der Waals surface area contributed by atoms with Crippen molar-refractivity contribution < 1.29 is 0 Å². The topological polar surface area (TPSA) is 27.0 Å². The number of rotatable bonds is 5. The first kappa shape index (κ1) is 15.5. The third-order valence-corrected chi connectivity index (χ3v) is 5.89. The molecule has 0 aromatic carbocycles. The summed E-state index contributed by atoms with van der Waals surface area (Å²) in [5, 5.41) is 11.9. The average Bonchev–Trinajstić information content (AvgIpc) is 2.96. The van der Waals surface area contributed by atoms with Crippen LogP contribution in [0.4, 0.5) is 0 Å². The molecule has 0 saturated carbocycles. The lowest BCUT2D eigenvalue weighted by Gasteiger charge is -2.35. The van der Waals surface area contributed by atoms with Crippen LogP contribution in [0.3, 0.4) is 0 Å². The fourth-order valence-electron chi connectivity index (χ4n) is 3.09. The van der Waals surface area contributed by atoms with Gasteiger partial charge in [-0.2, -0.15) is 5.26 Å². The first-order chi connectivity index (χ1) is 9.58. The van der Waals surface area contributed by atoms with E-state index in [1.165, 1.54) is 30.8 Å². The molecule has 1 aliphatic heterocycles. The summed E-state index contributed by atoms with van der Waals surface area (Å²) in [7, 11) is 0. The molecule has 2 heterocycles.